The van der Waals surface area contributed by atoms with Crippen LogP contribution < -0.4 is 5.32 Å². The first kappa shape index (κ1) is 24.0. The molecule has 8 nitrogen and oxygen atoms in total. The van der Waals surface area contributed by atoms with Crippen LogP contribution in [0.5, 0.6) is 0 Å². The number of amides is 3. The number of carboxylic acids is 1. The maximum Gasteiger partial charge on any atom is 0.335 e. The molecule has 3 amide bonds. The fourth-order valence-electron chi connectivity index (χ4n) is 3.76. The number of carbonyl (C=O) groups excluding carboxylic acids is 3. The summed E-state index contributed by atoms with van der Waals surface area (Å²) in [4.78, 5) is 50.0. The third-order valence-electron chi connectivity index (χ3n) is 5.41. The Labute approximate surface area is 204 Å². The zero-order chi connectivity index (χ0) is 25.3. The lowest BCUT2D eigenvalue weighted by Gasteiger charge is -2.12. The molecule has 35 heavy (non-hydrogen) atoms. The molecular weight excluding hydrogens is 473 g/mol. The number of nitrogens with one attached hydrogen (secondary N) is 1. The number of anilines is 1. The number of aryl methyl sites for hydroxylation is 1. The standard InChI is InChI=1S/C25H20FN3O5S/c1-14-10-17(15(2)29(14)20-5-3-4-16(11-20)24(32)33)12-21-23(31)28(25(34)35-21)13-22(30)27-19-8-6-18(26)7-9-19/h3-12H,13H2,1-2H3,(H,27,30)(H,32,33)/b21-12-. The smallest absolute Gasteiger partial charge is 0.335 e. The van der Waals surface area contributed by atoms with Crippen molar-refractivity contribution in [3.63, 3.8) is 0 Å². The van der Waals surface area contributed by atoms with Crippen LogP contribution in [0.1, 0.15) is 27.3 Å². The van der Waals surface area contributed by atoms with Crippen LogP contribution in [0.15, 0.2) is 59.5 Å². The summed E-state index contributed by atoms with van der Waals surface area (Å²) in [7, 11) is 0. The Hall–Kier alpha value is -4.18. The first-order chi connectivity index (χ1) is 16.6. The molecule has 0 spiro atoms. The number of benzene rings is 2. The summed E-state index contributed by atoms with van der Waals surface area (Å²) in [6, 6.07) is 13.5. The minimum absolute atomic E-state index is 0.150. The van der Waals surface area contributed by atoms with Crippen molar-refractivity contribution >= 4 is 46.5 Å². The highest BCUT2D eigenvalue weighted by Gasteiger charge is 2.36. The van der Waals surface area contributed by atoms with Gasteiger partial charge in [0.15, 0.2) is 0 Å². The Morgan fingerprint density at radius 1 is 1.09 bits per heavy atom. The molecule has 2 N–H and O–H groups in total. The number of halogens is 1. The summed E-state index contributed by atoms with van der Waals surface area (Å²) in [5.41, 5.74) is 3.41. The fraction of sp³-hybridized carbons (Fsp3) is 0.120. The topological polar surface area (TPSA) is 109 Å². The Kier molecular flexibility index (Phi) is 6.57. The number of hydrogen-bond donors (Lipinski definition) is 2. The van der Waals surface area contributed by atoms with Gasteiger partial charge >= 0.3 is 5.97 Å². The van der Waals surface area contributed by atoms with Gasteiger partial charge in [-0.25, -0.2) is 9.18 Å². The molecule has 1 saturated heterocycles. The van der Waals surface area contributed by atoms with Gasteiger partial charge in [-0.2, -0.15) is 0 Å². The average Bonchev–Trinajstić information content (AvgIpc) is 3.24. The van der Waals surface area contributed by atoms with E-state index >= 15 is 0 Å². The van der Waals surface area contributed by atoms with Gasteiger partial charge in [0.25, 0.3) is 11.1 Å². The van der Waals surface area contributed by atoms with Gasteiger partial charge in [-0.05, 0) is 85.8 Å². The normalized spacial score (nSPS) is 14.6. The van der Waals surface area contributed by atoms with Crippen molar-refractivity contribution in [1.82, 2.24) is 9.47 Å². The first-order valence-corrected chi connectivity index (χ1v) is 11.3. The second-order valence-corrected chi connectivity index (χ2v) is 8.83. The quantitative estimate of drug-likeness (QED) is 0.486. The summed E-state index contributed by atoms with van der Waals surface area (Å²) in [6.45, 7) is 3.20. The summed E-state index contributed by atoms with van der Waals surface area (Å²) in [6.07, 6.45) is 1.59. The lowest BCUT2D eigenvalue weighted by Crippen LogP contribution is -2.36. The van der Waals surface area contributed by atoms with E-state index in [9.17, 15) is 28.7 Å². The van der Waals surface area contributed by atoms with E-state index in [1.54, 1.807) is 24.3 Å². The molecule has 1 fully saturated rings. The van der Waals surface area contributed by atoms with E-state index in [4.69, 9.17) is 0 Å². The second kappa shape index (κ2) is 9.59. The molecule has 10 heteroatoms. The Bertz CT molecular complexity index is 1390. The van der Waals surface area contributed by atoms with Gasteiger partial charge in [0, 0.05) is 22.8 Å². The fourth-order valence-corrected chi connectivity index (χ4v) is 4.59. The van der Waals surface area contributed by atoms with Crippen LogP contribution in [0.2, 0.25) is 0 Å². The molecule has 0 bridgehead atoms. The van der Waals surface area contributed by atoms with Crippen LogP contribution in [0.4, 0.5) is 14.9 Å². The first-order valence-electron chi connectivity index (χ1n) is 10.5. The van der Waals surface area contributed by atoms with E-state index in [1.807, 2.05) is 24.5 Å². The van der Waals surface area contributed by atoms with Crippen LogP contribution in [0.3, 0.4) is 0 Å². The number of aromatic nitrogens is 1. The van der Waals surface area contributed by atoms with Crippen LogP contribution in [0.25, 0.3) is 11.8 Å². The number of aromatic carboxylic acids is 1. The van der Waals surface area contributed by atoms with Crippen molar-refractivity contribution in [3.8, 4) is 5.69 Å². The highest BCUT2D eigenvalue weighted by atomic mass is 32.2. The summed E-state index contributed by atoms with van der Waals surface area (Å²) in [5, 5.41) is 11.2. The molecule has 0 atom stereocenters. The van der Waals surface area contributed by atoms with E-state index in [0.717, 1.165) is 28.0 Å². The third kappa shape index (κ3) is 5.02. The van der Waals surface area contributed by atoms with Gasteiger partial charge in [0.1, 0.15) is 12.4 Å². The van der Waals surface area contributed by atoms with E-state index in [2.05, 4.69) is 5.32 Å². The summed E-state index contributed by atoms with van der Waals surface area (Å²) >= 11 is 0.735. The van der Waals surface area contributed by atoms with Gasteiger partial charge in [0.05, 0.1) is 10.5 Å². The lowest BCUT2D eigenvalue weighted by molar-refractivity contribution is -0.127. The largest absolute Gasteiger partial charge is 0.478 e. The molecule has 0 unspecified atom stereocenters. The van der Waals surface area contributed by atoms with Gasteiger partial charge in [0.2, 0.25) is 5.91 Å². The van der Waals surface area contributed by atoms with Crippen molar-refractivity contribution in [2.75, 3.05) is 11.9 Å². The number of carboxylic acid groups (broad SMARTS) is 1. The van der Waals surface area contributed by atoms with Gasteiger partial charge in [-0.15, -0.1) is 0 Å². The highest BCUT2D eigenvalue weighted by Crippen LogP contribution is 2.33. The van der Waals surface area contributed by atoms with Crippen molar-refractivity contribution in [2.24, 2.45) is 0 Å². The zero-order valence-electron chi connectivity index (χ0n) is 18.7. The van der Waals surface area contributed by atoms with Gasteiger partial charge in [-0.3, -0.25) is 19.3 Å². The number of carbonyl (C=O) groups is 4. The Morgan fingerprint density at radius 3 is 2.49 bits per heavy atom. The maximum atomic E-state index is 13.0. The molecule has 3 aromatic rings. The monoisotopic (exact) mass is 493 g/mol. The second-order valence-electron chi connectivity index (χ2n) is 7.84. The van der Waals surface area contributed by atoms with E-state index in [1.165, 1.54) is 30.3 Å². The van der Waals surface area contributed by atoms with Crippen LogP contribution in [-0.4, -0.2) is 44.1 Å². The van der Waals surface area contributed by atoms with Gasteiger partial charge in [-0.1, -0.05) is 6.07 Å². The molecule has 2 aromatic carbocycles. The van der Waals surface area contributed by atoms with Crippen molar-refractivity contribution in [1.29, 1.82) is 0 Å². The van der Waals surface area contributed by atoms with Crippen LogP contribution in [-0.2, 0) is 9.59 Å². The van der Waals surface area contributed by atoms with E-state index in [0.29, 0.717) is 16.9 Å². The van der Waals surface area contributed by atoms with Crippen molar-refractivity contribution in [3.05, 3.63) is 87.8 Å². The highest BCUT2D eigenvalue weighted by molar-refractivity contribution is 8.18. The Balaban J connectivity index is 1.54. The zero-order valence-corrected chi connectivity index (χ0v) is 19.6. The number of hydrogen-bond acceptors (Lipinski definition) is 5. The van der Waals surface area contributed by atoms with Crippen molar-refractivity contribution < 1.29 is 28.7 Å². The van der Waals surface area contributed by atoms with Crippen LogP contribution in [0, 0.1) is 19.7 Å². The molecule has 0 radical (unpaired) electrons. The molecule has 1 aliphatic heterocycles. The van der Waals surface area contributed by atoms with Gasteiger partial charge < -0.3 is 15.0 Å². The Morgan fingerprint density at radius 2 is 1.80 bits per heavy atom. The SMILES string of the molecule is Cc1cc(/C=C2\SC(=O)N(CC(=O)Nc3ccc(F)cc3)C2=O)c(C)n1-c1cccc(C(=O)O)c1. The molecule has 4 rings (SSSR count). The van der Waals surface area contributed by atoms with E-state index < -0.39 is 35.4 Å². The average molecular weight is 494 g/mol. The molecule has 2 heterocycles. The molecule has 0 aliphatic carbocycles. The molecular formula is C25H20FN3O5S. The number of nitrogens with zero attached hydrogens (tertiary/aromatic N) is 2. The van der Waals surface area contributed by atoms with Crippen LogP contribution >= 0.6 is 11.8 Å². The van der Waals surface area contributed by atoms with Crippen molar-refractivity contribution in [2.45, 2.75) is 13.8 Å². The minimum Gasteiger partial charge on any atom is -0.478 e. The predicted molar refractivity (Wildman–Crippen MR) is 130 cm³/mol. The molecule has 0 saturated carbocycles. The summed E-state index contributed by atoms with van der Waals surface area (Å²) in [5.74, 6) is -2.66. The maximum absolute atomic E-state index is 13.0. The number of imide groups is 1. The number of rotatable bonds is 6. The molecule has 178 valence electrons. The molecule has 1 aromatic heterocycles. The lowest BCUT2D eigenvalue weighted by atomic mass is 10.2. The summed E-state index contributed by atoms with van der Waals surface area (Å²) < 4.78 is 14.9. The third-order valence-corrected chi connectivity index (χ3v) is 6.32. The predicted octanol–water partition coefficient (Wildman–Crippen LogP) is 4.61. The number of thioether (sulfide) groups is 1. The minimum atomic E-state index is -1.04. The molecule has 1 aliphatic rings. The van der Waals surface area contributed by atoms with E-state index in [-0.39, 0.29) is 10.5 Å².